The molecule has 0 radical (unpaired) electrons. The van der Waals surface area contributed by atoms with E-state index >= 15 is 0 Å². The van der Waals surface area contributed by atoms with Gasteiger partial charge >= 0.3 is 0 Å². The molecule has 0 unspecified atom stereocenters. The van der Waals surface area contributed by atoms with E-state index in [2.05, 4.69) is 21.6 Å². The molecule has 2 saturated heterocycles. The van der Waals surface area contributed by atoms with Crippen LogP contribution in [0.15, 0.2) is 42.5 Å². The van der Waals surface area contributed by atoms with E-state index in [1.807, 2.05) is 26.0 Å². The predicted molar refractivity (Wildman–Crippen MR) is 149 cm³/mol. The largest absolute Gasteiger partial charge is 0.492 e. The SMILES string of the molecule is CCC(F)(CC)CN1CCC(COc2ccc(-c3ccccc3C(=O)NC(=O)[C@@H]3CCCN3)cc2C#N)CC1. The highest BCUT2D eigenvalue weighted by Gasteiger charge is 2.30. The van der Waals surface area contributed by atoms with Gasteiger partial charge in [0.25, 0.3) is 5.91 Å². The third-order valence-corrected chi connectivity index (χ3v) is 8.15. The van der Waals surface area contributed by atoms with Crippen LogP contribution in [0.2, 0.25) is 0 Å². The Bertz CT molecular complexity index is 1190. The van der Waals surface area contributed by atoms with Crippen molar-refractivity contribution in [1.29, 1.82) is 5.26 Å². The summed E-state index contributed by atoms with van der Waals surface area (Å²) in [4.78, 5) is 27.6. The second-order valence-corrected chi connectivity index (χ2v) is 10.7. The van der Waals surface area contributed by atoms with Crippen LogP contribution in [-0.2, 0) is 4.79 Å². The average Bonchev–Trinajstić information content (AvgIpc) is 3.52. The zero-order valence-electron chi connectivity index (χ0n) is 23.0. The molecule has 2 fully saturated rings. The number of nitrogens with one attached hydrogen (secondary N) is 2. The monoisotopic (exact) mass is 534 g/mol. The lowest BCUT2D eigenvalue weighted by Gasteiger charge is -2.36. The molecule has 2 heterocycles. The molecule has 0 bridgehead atoms. The third kappa shape index (κ3) is 7.23. The van der Waals surface area contributed by atoms with Crippen molar-refractivity contribution in [1.82, 2.24) is 15.5 Å². The first-order valence-corrected chi connectivity index (χ1v) is 14.1. The number of alkyl halides is 1. The topological polar surface area (TPSA) is 94.5 Å². The number of hydrogen-bond donors (Lipinski definition) is 2. The number of likely N-dealkylation sites (tertiary alicyclic amines) is 1. The Morgan fingerprint density at radius 1 is 1.15 bits per heavy atom. The standard InChI is InChI=1S/C31H39FN4O3/c1-3-31(32,4-2)21-36-16-13-22(14-17-36)20-39-28-12-11-23(18-24(28)19-33)25-8-5-6-9-26(25)29(37)35-30(38)27-10-7-15-34-27/h5-6,8-9,11-12,18,22,27,34H,3-4,7,10,13-17,20-21H2,1-2H3,(H,35,37,38)/t27-/m0/s1. The van der Waals surface area contributed by atoms with Gasteiger partial charge in [-0.05, 0) is 93.4 Å². The van der Waals surface area contributed by atoms with Crippen LogP contribution in [0.3, 0.4) is 0 Å². The Hall–Kier alpha value is -3.28. The summed E-state index contributed by atoms with van der Waals surface area (Å²) in [7, 11) is 0. The summed E-state index contributed by atoms with van der Waals surface area (Å²) in [6, 6.07) is 14.3. The maximum Gasteiger partial charge on any atom is 0.258 e. The van der Waals surface area contributed by atoms with Gasteiger partial charge in [-0.15, -0.1) is 0 Å². The quantitative estimate of drug-likeness (QED) is 0.423. The Labute approximate surface area is 230 Å². The number of amides is 2. The molecular formula is C31H39FN4O3. The van der Waals surface area contributed by atoms with Crippen molar-refractivity contribution in [2.75, 3.05) is 32.8 Å². The lowest BCUT2D eigenvalue weighted by atomic mass is 9.94. The van der Waals surface area contributed by atoms with Crippen LogP contribution < -0.4 is 15.4 Å². The minimum absolute atomic E-state index is 0.320. The van der Waals surface area contributed by atoms with E-state index in [-0.39, 0.29) is 11.9 Å². The molecule has 0 aliphatic carbocycles. The van der Waals surface area contributed by atoms with E-state index in [0.29, 0.717) is 66.3 Å². The van der Waals surface area contributed by atoms with Gasteiger partial charge in [-0.1, -0.05) is 38.1 Å². The molecule has 2 aliphatic rings. The van der Waals surface area contributed by atoms with Gasteiger partial charge in [-0.2, -0.15) is 5.26 Å². The van der Waals surface area contributed by atoms with Crippen molar-refractivity contribution in [2.45, 2.75) is 64.1 Å². The fourth-order valence-corrected chi connectivity index (χ4v) is 5.41. The number of nitriles is 1. The van der Waals surface area contributed by atoms with Gasteiger partial charge in [0.05, 0.1) is 18.2 Å². The number of imide groups is 1. The van der Waals surface area contributed by atoms with Crippen molar-refractivity contribution >= 4 is 11.8 Å². The molecule has 39 heavy (non-hydrogen) atoms. The second kappa shape index (κ2) is 13.2. The summed E-state index contributed by atoms with van der Waals surface area (Å²) in [5, 5.41) is 15.4. The summed E-state index contributed by atoms with van der Waals surface area (Å²) in [5.41, 5.74) is 0.983. The Morgan fingerprint density at radius 2 is 1.90 bits per heavy atom. The van der Waals surface area contributed by atoms with Crippen LogP contribution in [0.25, 0.3) is 11.1 Å². The van der Waals surface area contributed by atoms with Gasteiger partial charge in [0, 0.05) is 12.1 Å². The fraction of sp³-hybridized carbons (Fsp3) is 0.516. The molecule has 8 heteroatoms. The molecule has 2 aromatic carbocycles. The number of piperidine rings is 1. The van der Waals surface area contributed by atoms with Crippen molar-refractivity contribution in [3.05, 3.63) is 53.6 Å². The summed E-state index contributed by atoms with van der Waals surface area (Å²) in [6.45, 7) is 7.27. The molecular weight excluding hydrogens is 495 g/mol. The first-order chi connectivity index (χ1) is 18.9. The summed E-state index contributed by atoms with van der Waals surface area (Å²) in [5.74, 6) is 0.0746. The third-order valence-electron chi connectivity index (χ3n) is 8.15. The number of carbonyl (C=O) groups is 2. The normalized spacial score (nSPS) is 18.5. The van der Waals surface area contributed by atoms with Gasteiger partial charge < -0.3 is 15.0 Å². The molecule has 0 saturated carbocycles. The molecule has 2 aromatic rings. The Morgan fingerprint density at radius 3 is 2.56 bits per heavy atom. The Balaban J connectivity index is 1.38. The molecule has 1 atom stereocenters. The molecule has 2 amide bonds. The van der Waals surface area contributed by atoms with E-state index in [1.165, 1.54) is 0 Å². The van der Waals surface area contributed by atoms with Gasteiger partial charge in [-0.25, -0.2) is 4.39 Å². The first kappa shape index (κ1) is 28.7. The zero-order valence-corrected chi connectivity index (χ0v) is 23.0. The van der Waals surface area contributed by atoms with Crippen LogP contribution in [0.1, 0.15) is 68.3 Å². The molecule has 4 rings (SSSR count). The fourth-order valence-electron chi connectivity index (χ4n) is 5.41. The maximum absolute atomic E-state index is 14.8. The molecule has 208 valence electrons. The highest BCUT2D eigenvalue weighted by atomic mass is 19.1. The van der Waals surface area contributed by atoms with E-state index in [1.54, 1.807) is 30.3 Å². The smallest absolute Gasteiger partial charge is 0.258 e. The number of hydrogen-bond acceptors (Lipinski definition) is 6. The average molecular weight is 535 g/mol. The van der Waals surface area contributed by atoms with Gasteiger partial charge in [-0.3, -0.25) is 14.9 Å². The molecule has 7 nitrogen and oxygen atoms in total. The second-order valence-electron chi connectivity index (χ2n) is 10.7. The number of benzene rings is 2. The van der Waals surface area contributed by atoms with Crippen molar-refractivity contribution in [2.24, 2.45) is 5.92 Å². The maximum atomic E-state index is 14.8. The summed E-state index contributed by atoms with van der Waals surface area (Å²) < 4.78 is 20.9. The van der Waals surface area contributed by atoms with Gasteiger partial charge in [0.2, 0.25) is 5.91 Å². The van der Waals surface area contributed by atoms with Gasteiger partial charge in [0.15, 0.2) is 0 Å². The number of halogens is 1. The number of rotatable bonds is 10. The molecule has 2 aliphatic heterocycles. The predicted octanol–water partition coefficient (Wildman–Crippen LogP) is 4.85. The highest BCUT2D eigenvalue weighted by molar-refractivity contribution is 6.09. The van der Waals surface area contributed by atoms with Crippen LogP contribution in [0, 0.1) is 17.2 Å². The van der Waals surface area contributed by atoms with Crippen LogP contribution in [0.4, 0.5) is 4.39 Å². The zero-order chi connectivity index (χ0) is 27.8. The van der Waals surface area contributed by atoms with Crippen molar-refractivity contribution in [3.8, 4) is 22.9 Å². The van der Waals surface area contributed by atoms with Crippen molar-refractivity contribution < 1.29 is 18.7 Å². The van der Waals surface area contributed by atoms with Gasteiger partial charge in [0.1, 0.15) is 17.5 Å². The van der Waals surface area contributed by atoms with Crippen LogP contribution in [0.5, 0.6) is 5.75 Å². The molecule has 0 spiro atoms. The Kier molecular flexibility index (Phi) is 9.71. The minimum Gasteiger partial charge on any atom is -0.492 e. The number of carbonyl (C=O) groups excluding carboxylic acids is 2. The van der Waals surface area contributed by atoms with E-state index < -0.39 is 11.6 Å². The molecule has 2 N–H and O–H groups in total. The van der Waals surface area contributed by atoms with E-state index in [4.69, 9.17) is 4.74 Å². The summed E-state index contributed by atoms with van der Waals surface area (Å²) in [6.07, 6.45) is 4.55. The number of ether oxygens (including phenoxy) is 1. The van der Waals surface area contributed by atoms with Crippen LogP contribution >= 0.6 is 0 Å². The van der Waals surface area contributed by atoms with E-state index in [9.17, 15) is 19.2 Å². The minimum atomic E-state index is -1.12. The highest BCUT2D eigenvalue weighted by Crippen LogP contribution is 2.30. The van der Waals surface area contributed by atoms with Crippen LogP contribution in [-0.4, -0.2) is 61.2 Å². The first-order valence-electron chi connectivity index (χ1n) is 14.1. The number of nitrogens with zero attached hydrogens (tertiary/aromatic N) is 2. The lowest BCUT2D eigenvalue weighted by Crippen LogP contribution is -2.44. The van der Waals surface area contributed by atoms with E-state index in [0.717, 1.165) is 38.9 Å². The summed E-state index contributed by atoms with van der Waals surface area (Å²) >= 11 is 0. The molecule has 0 aromatic heterocycles. The lowest BCUT2D eigenvalue weighted by molar-refractivity contribution is -0.121. The van der Waals surface area contributed by atoms with Crippen molar-refractivity contribution in [3.63, 3.8) is 0 Å².